The normalized spacial score (nSPS) is 7.96. The number of rotatable bonds is 38. The van der Waals surface area contributed by atoms with Crippen molar-refractivity contribution in [1.29, 1.82) is 0 Å². The molecule has 77 heavy (non-hydrogen) atoms. The van der Waals surface area contributed by atoms with E-state index in [1.807, 2.05) is 483 Å². The van der Waals surface area contributed by atoms with Crippen molar-refractivity contribution in [2.24, 2.45) is 0 Å². The third-order valence-corrected chi connectivity index (χ3v) is 8.36. The average molecular weight is 850 g/mol. The van der Waals surface area contributed by atoms with Gasteiger partial charge < -0.3 is 0 Å². The predicted octanol–water partition coefficient (Wildman–Crippen LogP) is -27.5. The zero-order chi connectivity index (χ0) is 55.0. The molecule has 0 aromatic carbocycles. The van der Waals surface area contributed by atoms with Crippen LogP contribution in [0.5, 0.6) is 0 Å². The molecule has 74 heteroatoms. The Balaban J connectivity index is 4.09. The van der Waals surface area contributed by atoms with Crippen LogP contribution >= 0.6 is 0 Å². The van der Waals surface area contributed by atoms with Gasteiger partial charge in [-0.05, 0) is 0 Å². The first-order valence-electron chi connectivity index (χ1n) is 26.0. The molecule has 0 saturated carbocycles. The summed E-state index contributed by atoms with van der Waals surface area (Å²) in [6.07, 6.45) is 1.02. The molecule has 0 N–H and O–H groups in total. The van der Waals surface area contributed by atoms with Crippen LogP contribution in [0.3, 0.4) is 0 Å². The van der Waals surface area contributed by atoms with Gasteiger partial charge in [-0.15, -0.1) is 0 Å². The summed E-state index contributed by atoms with van der Waals surface area (Å²) in [6.45, 7) is 145. The molecular formula is C3H9B73O. The molecule has 0 fully saturated rings. The van der Waals surface area contributed by atoms with Crippen LogP contribution < -0.4 is 0 Å². The minimum atomic E-state index is 0.754. The van der Waals surface area contributed by atoms with Gasteiger partial charge in [-0.3, -0.25) is 0 Å². The van der Waals surface area contributed by atoms with E-state index in [0.29, 0.717) is 0 Å². The van der Waals surface area contributed by atoms with E-state index >= 15 is 0 Å². The van der Waals surface area contributed by atoms with Crippen LogP contribution in [0.25, 0.3) is 0 Å². The number of hydrogen-bond acceptors (Lipinski definition) is 1. The van der Waals surface area contributed by atoms with Gasteiger partial charge in [0.2, 0.25) is 0 Å². The SMILES string of the molecule is BB=BB=BB=BB=BB=BB=BB=BB=BB=BB=BB=BB=BB=BB=BB=BB=BB=BB=BB=BB=BB=BB=BB=BB=BB=BB=BB=BB=BB=BB=BB=BB=BB=BB=BB=BB=BOCCC. The Labute approximate surface area is 509 Å². The van der Waals surface area contributed by atoms with Crippen molar-refractivity contribution in [3.05, 3.63) is 0 Å². The van der Waals surface area contributed by atoms with E-state index in [4.69, 9.17) is 4.65 Å². The quantitative estimate of drug-likeness (QED) is 0.0444. The summed E-state index contributed by atoms with van der Waals surface area (Å²) >= 11 is 0. The third kappa shape index (κ3) is 80.5. The van der Waals surface area contributed by atoms with E-state index in [2.05, 4.69) is 6.92 Å². The van der Waals surface area contributed by atoms with Gasteiger partial charge in [0.05, 0.1) is 0 Å². The van der Waals surface area contributed by atoms with Crippen LogP contribution in [0.15, 0.2) is 0 Å². The molecule has 0 rings (SSSR count). The fourth-order valence-corrected chi connectivity index (χ4v) is 4.76. The first kappa shape index (κ1) is 81.5. The van der Waals surface area contributed by atoms with E-state index in [9.17, 15) is 0 Å². The maximum absolute atomic E-state index is 5.26. The molecule has 0 saturated heterocycles. The molecule has 0 spiro atoms. The zero-order valence-electron chi connectivity index (χ0n) is 45.4. The van der Waals surface area contributed by atoms with Crippen molar-refractivity contribution >= 4 is 490 Å². The van der Waals surface area contributed by atoms with Crippen molar-refractivity contribution in [1.82, 2.24) is 0 Å². The van der Waals surface area contributed by atoms with Crippen LogP contribution in [0, 0.1) is 0 Å². The van der Waals surface area contributed by atoms with Crippen molar-refractivity contribution in [3.8, 4) is 0 Å². The van der Waals surface area contributed by atoms with Gasteiger partial charge in [-0.2, -0.15) is 0 Å². The van der Waals surface area contributed by atoms with Crippen LogP contribution in [0.2, 0.25) is 0 Å². The molecule has 0 bridgehead atoms. The van der Waals surface area contributed by atoms with Crippen LogP contribution in [0.4, 0.5) is 0 Å². The molecule has 0 unspecified atom stereocenters. The van der Waals surface area contributed by atoms with Gasteiger partial charge in [-0.25, -0.2) is 0 Å². The topological polar surface area (TPSA) is 9.23 Å². The Morgan fingerprint density at radius 3 is 0.377 bits per heavy atom. The molecule has 0 atom stereocenters. The minimum absolute atomic E-state index is 0.754. The van der Waals surface area contributed by atoms with Gasteiger partial charge in [0, 0.05) is 0 Å². The molecule has 0 aliphatic carbocycles. The van der Waals surface area contributed by atoms with Gasteiger partial charge >= 0.3 is 515 Å². The maximum atomic E-state index is 5.26. The Morgan fingerprint density at radius 1 is 0.169 bits per heavy atom. The molecule has 0 radical (unpaired) electrons. The second-order valence-corrected chi connectivity index (χ2v) is 14.8. The molecule has 0 heterocycles. The molecule has 0 amide bonds. The standard InChI is InChI=1S/C3H9B73O/c1-2-3-77-76-75-74-73-72-71-70-69-68-67-66-65-64-63-62-61-60-59-58-57-56-55-54-53-52-51-50-49-48-47-46-45-44-43-42-41-40-39-38-37-36-35-34-33-32-31-30-29-28-27-26-25-24-23-22-21-20-19-18-17-16-15-14-13-12-11-10-9-8-7-6-5-4/h2-4H2,1H3. The zero-order valence-corrected chi connectivity index (χ0v) is 45.4. The summed E-state index contributed by atoms with van der Waals surface area (Å²) in [7, 11) is 3.71. The third-order valence-electron chi connectivity index (χ3n) is 8.36. The molecule has 1 nitrogen and oxygen atoms in total. The summed E-state index contributed by atoms with van der Waals surface area (Å²) in [5.41, 5.74) is 0. The van der Waals surface area contributed by atoms with E-state index in [0.717, 1.165) is 13.0 Å². The Morgan fingerprint density at radius 2 is 0.273 bits per heavy atom. The summed E-state index contributed by atoms with van der Waals surface area (Å²) in [5.74, 6) is 0. The first-order chi connectivity index (χ1) is 38.4. The van der Waals surface area contributed by atoms with Gasteiger partial charge in [0.1, 0.15) is 0 Å². The second-order valence-electron chi connectivity index (χ2n) is 14.8. The summed E-state index contributed by atoms with van der Waals surface area (Å²) in [5, 5.41) is 0. The second kappa shape index (κ2) is 80.5. The number of hydrogen-bond donors (Lipinski definition) is 0. The van der Waals surface area contributed by atoms with E-state index in [-0.39, 0.29) is 0 Å². The first-order valence-corrected chi connectivity index (χ1v) is 26.0. The Hall–Kier alpha value is 4.54. The summed E-state index contributed by atoms with van der Waals surface area (Å²) in [6, 6.07) is 0. The van der Waals surface area contributed by atoms with Crippen LogP contribution in [0.1, 0.15) is 13.3 Å². The van der Waals surface area contributed by atoms with Crippen molar-refractivity contribution in [2.45, 2.75) is 13.3 Å². The Kier molecular flexibility index (Phi) is 85.3. The van der Waals surface area contributed by atoms with Gasteiger partial charge in [-0.1, -0.05) is 0 Å². The summed E-state index contributed by atoms with van der Waals surface area (Å²) in [4.78, 5) is 0. The molecule has 0 aromatic heterocycles. The van der Waals surface area contributed by atoms with Crippen molar-refractivity contribution in [3.63, 3.8) is 0 Å². The van der Waals surface area contributed by atoms with Gasteiger partial charge in [0.15, 0.2) is 0 Å². The van der Waals surface area contributed by atoms with Crippen molar-refractivity contribution < 1.29 is 4.65 Å². The molecule has 0 aliphatic rings. The van der Waals surface area contributed by atoms with E-state index in [1.54, 1.807) is 7.00 Å². The average Bonchev–Trinajstić information content (AvgIpc) is 3.44. The van der Waals surface area contributed by atoms with Crippen molar-refractivity contribution in [2.75, 3.05) is 6.61 Å². The van der Waals surface area contributed by atoms with E-state index in [1.165, 1.54) is 0 Å². The molecule has 0 aliphatic heterocycles. The fourth-order valence-electron chi connectivity index (χ4n) is 4.76. The fraction of sp³-hybridized carbons (Fsp3) is 1.00. The summed E-state index contributed by atoms with van der Waals surface area (Å²) < 4.78 is 5.26. The monoisotopic (exact) mass is 865 g/mol. The van der Waals surface area contributed by atoms with E-state index < -0.39 is 0 Å². The van der Waals surface area contributed by atoms with Crippen LogP contribution in [-0.2, 0) is 4.65 Å². The van der Waals surface area contributed by atoms with Gasteiger partial charge in [0.25, 0.3) is 0 Å². The van der Waals surface area contributed by atoms with Crippen LogP contribution in [-0.4, -0.2) is 497 Å². The predicted molar refractivity (Wildman–Crippen MR) is 439 cm³/mol. The molecule has 246 valence electrons. The molecule has 0 aromatic rings. The molecular weight excluding hydrogens is 841 g/mol. The Bertz CT molecular complexity index is 2630.